The highest BCUT2D eigenvalue weighted by molar-refractivity contribution is 8.13. The Hall–Kier alpha value is -2.03. The van der Waals surface area contributed by atoms with Gasteiger partial charge in [-0.05, 0) is 55.7 Å². The van der Waals surface area contributed by atoms with Gasteiger partial charge in [-0.25, -0.2) is 13.4 Å². The Labute approximate surface area is 186 Å². The fourth-order valence-electron chi connectivity index (χ4n) is 3.48. The number of carbonyl (C=O) groups excluding carboxylic acids is 1. The van der Waals surface area contributed by atoms with Crippen molar-refractivity contribution in [2.24, 2.45) is 4.99 Å². The molecule has 0 aliphatic carbocycles. The molecule has 2 aliphatic rings. The first kappa shape index (κ1) is 21.2. The van der Waals surface area contributed by atoms with E-state index in [1.54, 1.807) is 35.2 Å². The van der Waals surface area contributed by atoms with Gasteiger partial charge < -0.3 is 0 Å². The van der Waals surface area contributed by atoms with Crippen LogP contribution in [-0.2, 0) is 10.0 Å². The van der Waals surface area contributed by atoms with E-state index in [0.717, 1.165) is 17.7 Å². The molecule has 30 heavy (non-hydrogen) atoms. The molecule has 6 nitrogen and oxygen atoms in total. The Morgan fingerprint density at radius 3 is 2.70 bits per heavy atom. The maximum Gasteiger partial charge on any atom is 0.259 e. The largest absolute Gasteiger partial charge is 0.287 e. The van der Waals surface area contributed by atoms with Gasteiger partial charge in [0.25, 0.3) is 5.91 Å². The summed E-state index contributed by atoms with van der Waals surface area (Å²) in [6.45, 7) is 2.94. The monoisotopic (exact) mass is 463 g/mol. The molecule has 0 unspecified atom stereocenters. The molecule has 2 aliphatic heterocycles. The zero-order valence-electron chi connectivity index (χ0n) is 16.5. The zero-order valence-corrected chi connectivity index (χ0v) is 18.9. The Bertz CT molecular complexity index is 1120. The molecule has 0 aromatic heterocycles. The summed E-state index contributed by atoms with van der Waals surface area (Å²) in [5, 5.41) is 1.26. The van der Waals surface area contributed by atoms with Crippen molar-refractivity contribution in [1.29, 1.82) is 0 Å². The predicted molar refractivity (Wildman–Crippen MR) is 124 cm³/mol. The summed E-state index contributed by atoms with van der Waals surface area (Å²) in [4.78, 5) is 19.6. The minimum atomic E-state index is -3.30. The third-order valence-corrected chi connectivity index (χ3v) is 8.43. The lowest BCUT2D eigenvalue weighted by molar-refractivity contribution is 0.0849. The van der Waals surface area contributed by atoms with Crippen molar-refractivity contribution < 1.29 is 13.2 Å². The minimum Gasteiger partial charge on any atom is -0.287 e. The number of hydrogen-bond acceptors (Lipinski definition) is 5. The molecule has 2 heterocycles. The van der Waals surface area contributed by atoms with Crippen LogP contribution in [0.4, 0.5) is 11.4 Å². The van der Waals surface area contributed by atoms with Gasteiger partial charge >= 0.3 is 0 Å². The Morgan fingerprint density at radius 2 is 1.97 bits per heavy atom. The maximum atomic E-state index is 13.3. The summed E-state index contributed by atoms with van der Waals surface area (Å²) in [6.07, 6.45) is 1.46. The molecule has 1 amide bonds. The van der Waals surface area contributed by atoms with E-state index in [2.05, 4.69) is 4.99 Å². The van der Waals surface area contributed by atoms with Crippen molar-refractivity contribution in [3.8, 4) is 0 Å². The quantitative estimate of drug-likeness (QED) is 0.674. The van der Waals surface area contributed by atoms with Crippen LogP contribution >= 0.6 is 23.4 Å². The summed E-state index contributed by atoms with van der Waals surface area (Å²) in [6, 6.07) is 12.4. The fraction of sp³-hybridized carbons (Fsp3) is 0.333. The zero-order chi connectivity index (χ0) is 21.3. The smallest absolute Gasteiger partial charge is 0.259 e. The number of benzene rings is 2. The van der Waals surface area contributed by atoms with Crippen LogP contribution in [0.15, 0.2) is 47.5 Å². The lowest BCUT2D eigenvalue weighted by atomic mass is 10.1. The second-order valence-electron chi connectivity index (χ2n) is 7.28. The van der Waals surface area contributed by atoms with Crippen LogP contribution in [0.25, 0.3) is 0 Å². The highest BCUT2D eigenvalue weighted by Crippen LogP contribution is 2.29. The van der Waals surface area contributed by atoms with Crippen molar-refractivity contribution in [1.82, 2.24) is 4.90 Å². The van der Waals surface area contributed by atoms with E-state index in [1.807, 2.05) is 19.1 Å². The van der Waals surface area contributed by atoms with Gasteiger partial charge in [-0.15, -0.1) is 0 Å². The highest BCUT2D eigenvalue weighted by atomic mass is 35.5. The normalized spacial score (nSPS) is 20.0. The van der Waals surface area contributed by atoms with Gasteiger partial charge in [0, 0.05) is 29.4 Å². The molecule has 0 saturated carbocycles. The van der Waals surface area contributed by atoms with Crippen molar-refractivity contribution in [3.63, 3.8) is 0 Å². The molecule has 0 N–H and O–H groups in total. The number of carbonyl (C=O) groups is 1. The van der Waals surface area contributed by atoms with Crippen LogP contribution in [0, 0.1) is 6.92 Å². The highest BCUT2D eigenvalue weighted by Gasteiger charge is 2.30. The van der Waals surface area contributed by atoms with E-state index in [-0.39, 0.29) is 11.7 Å². The molecule has 9 heteroatoms. The van der Waals surface area contributed by atoms with Gasteiger partial charge in [0.15, 0.2) is 5.17 Å². The Morgan fingerprint density at radius 1 is 1.13 bits per heavy atom. The molecule has 2 fully saturated rings. The molecule has 2 aromatic rings. The second-order valence-corrected chi connectivity index (χ2v) is 10.8. The SMILES string of the molecule is Cc1ccc(N=C2SCCCN2C(=O)c2cccc(N3CCCS3(=O)=O)c2)cc1Cl. The van der Waals surface area contributed by atoms with E-state index in [4.69, 9.17) is 11.6 Å². The number of nitrogens with zero attached hydrogens (tertiary/aromatic N) is 3. The van der Waals surface area contributed by atoms with E-state index in [0.29, 0.717) is 46.6 Å². The lowest BCUT2D eigenvalue weighted by Crippen LogP contribution is -2.39. The van der Waals surface area contributed by atoms with E-state index in [1.165, 1.54) is 16.1 Å². The van der Waals surface area contributed by atoms with Crippen LogP contribution in [0.3, 0.4) is 0 Å². The summed E-state index contributed by atoms with van der Waals surface area (Å²) in [5.74, 6) is 0.843. The molecule has 0 spiro atoms. The first-order valence-electron chi connectivity index (χ1n) is 9.75. The number of amides is 1. The van der Waals surface area contributed by atoms with Crippen molar-refractivity contribution in [2.45, 2.75) is 19.8 Å². The van der Waals surface area contributed by atoms with Crippen molar-refractivity contribution >= 4 is 55.8 Å². The second kappa shape index (κ2) is 8.61. The number of halogens is 1. The third-order valence-electron chi connectivity index (χ3n) is 5.09. The summed E-state index contributed by atoms with van der Waals surface area (Å²) in [5.41, 5.74) is 2.65. The molecule has 0 bridgehead atoms. The van der Waals surface area contributed by atoms with Gasteiger partial charge in [-0.2, -0.15) is 0 Å². The molecule has 0 atom stereocenters. The molecule has 4 rings (SSSR count). The summed E-state index contributed by atoms with van der Waals surface area (Å²) in [7, 11) is -3.30. The van der Waals surface area contributed by atoms with Crippen LogP contribution in [0.1, 0.15) is 28.8 Å². The molecule has 0 radical (unpaired) electrons. The van der Waals surface area contributed by atoms with E-state index < -0.39 is 10.0 Å². The standard InChI is InChI=1S/C21H22ClN3O3S2/c1-15-7-8-17(14-19(15)22)23-21-24(9-3-11-29-21)20(26)16-5-2-6-18(13-16)25-10-4-12-30(25,27)28/h2,5-8,13-14H,3-4,9-12H2,1H3. The summed E-state index contributed by atoms with van der Waals surface area (Å²) >= 11 is 7.75. The van der Waals surface area contributed by atoms with Crippen LogP contribution in [0.2, 0.25) is 5.02 Å². The van der Waals surface area contributed by atoms with E-state index in [9.17, 15) is 13.2 Å². The number of sulfonamides is 1. The van der Waals surface area contributed by atoms with Gasteiger partial charge in [0.1, 0.15) is 0 Å². The average molecular weight is 464 g/mol. The number of aryl methyl sites for hydroxylation is 1. The molecule has 2 saturated heterocycles. The third kappa shape index (κ3) is 4.36. The molecule has 158 valence electrons. The average Bonchev–Trinajstić information content (AvgIpc) is 3.10. The van der Waals surface area contributed by atoms with Crippen LogP contribution < -0.4 is 4.31 Å². The molecular weight excluding hydrogens is 442 g/mol. The summed E-state index contributed by atoms with van der Waals surface area (Å²) < 4.78 is 25.9. The topological polar surface area (TPSA) is 70.1 Å². The first-order valence-corrected chi connectivity index (χ1v) is 12.7. The van der Waals surface area contributed by atoms with Crippen LogP contribution in [-0.4, -0.2) is 49.0 Å². The van der Waals surface area contributed by atoms with Crippen molar-refractivity contribution in [2.75, 3.05) is 28.9 Å². The predicted octanol–water partition coefficient (Wildman–Crippen LogP) is 4.46. The number of rotatable bonds is 3. The number of amidine groups is 1. The number of thioether (sulfide) groups is 1. The minimum absolute atomic E-state index is 0.143. The van der Waals surface area contributed by atoms with Gasteiger partial charge in [0.2, 0.25) is 10.0 Å². The van der Waals surface area contributed by atoms with Gasteiger partial charge in [-0.1, -0.05) is 35.5 Å². The maximum absolute atomic E-state index is 13.3. The van der Waals surface area contributed by atoms with Crippen LogP contribution in [0.5, 0.6) is 0 Å². The number of anilines is 1. The number of hydrogen-bond donors (Lipinski definition) is 0. The first-order chi connectivity index (χ1) is 14.3. The van der Waals surface area contributed by atoms with Gasteiger partial charge in [-0.3, -0.25) is 14.0 Å². The van der Waals surface area contributed by atoms with Gasteiger partial charge in [0.05, 0.1) is 17.1 Å². The Balaban J connectivity index is 1.63. The Kier molecular flexibility index (Phi) is 6.09. The van der Waals surface area contributed by atoms with E-state index >= 15 is 0 Å². The van der Waals surface area contributed by atoms with Crippen molar-refractivity contribution in [3.05, 3.63) is 58.6 Å². The molecular formula is C21H22ClN3O3S2. The fourth-order valence-corrected chi connectivity index (χ4v) is 6.17. The lowest BCUT2D eigenvalue weighted by Gasteiger charge is -2.28. The number of aliphatic imine (C=N–C) groups is 1. The molecule has 2 aromatic carbocycles.